The molecular formula is C17H19N3O5. The topological polar surface area (TPSA) is 110 Å². The van der Waals surface area contributed by atoms with Crippen LogP contribution in [0.25, 0.3) is 11.6 Å². The lowest BCUT2D eigenvalue weighted by atomic mass is 9.92. The van der Waals surface area contributed by atoms with E-state index in [1.807, 2.05) is 0 Å². The molecule has 1 aliphatic carbocycles. The van der Waals surface area contributed by atoms with Crippen molar-refractivity contribution in [2.45, 2.75) is 25.7 Å². The van der Waals surface area contributed by atoms with Gasteiger partial charge in [0.2, 0.25) is 17.6 Å². The highest BCUT2D eigenvalue weighted by atomic mass is 16.5. The lowest BCUT2D eigenvalue weighted by Gasteiger charge is -2.15. The van der Waals surface area contributed by atoms with Gasteiger partial charge in [-0.05, 0) is 36.8 Å². The van der Waals surface area contributed by atoms with Gasteiger partial charge in [0.05, 0.1) is 12.2 Å². The van der Waals surface area contributed by atoms with E-state index in [0.717, 1.165) is 12.8 Å². The summed E-state index contributed by atoms with van der Waals surface area (Å²) in [7, 11) is 0. The van der Waals surface area contributed by atoms with Gasteiger partial charge in [0, 0.05) is 25.9 Å². The highest BCUT2D eigenvalue weighted by molar-refractivity contribution is 5.79. The molecule has 2 fully saturated rings. The van der Waals surface area contributed by atoms with Gasteiger partial charge in [-0.1, -0.05) is 5.16 Å². The molecule has 0 radical (unpaired) electrons. The Kier molecular flexibility index (Phi) is 4.03. The Morgan fingerprint density at radius 1 is 1.32 bits per heavy atom. The third-order valence-electron chi connectivity index (χ3n) is 5.02. The van der Waals surface area contributed by atoms with Gasteiger partial charge in [0.15, 0.2) is 5.76 Å². The first-order valence-corrected chi connectivity index (χ1v) is 8.49. The van der Waals surface area contributed by atoms with Crippen LogP contribution < -0.4 is 0 Å². The van der Waals surface area contributed by atoms with E-state index in [4.69, 9.17) is 8.94 Å². The number of rotatable bonds is 6. The summed E-state index contributed by atoms with van der Waals surface area (Å²) < 4.78 is 10.3. The fourth-order valence-corrected chi connectivity index (χ4v) is 3.53. The quantitative estimate of drug-likeness (QED) is 0.850. The first-order chi connectivity index (χ1) is 12.1. The van der Waals surface area contributed by atoms with Crippen LogP contribution in [0.4, 0.5) is 0 Å². The lowest BCUT2D eigenvalue weighted by molar-refractivity contribution is -0.142. The molecule has 1 amide bonds. The summed E-state index contributed by atoms with van der Waals surface area (Å²) in [6, 6.07) is 3.46. The highest BCUT2D eigenvalue weighted by Crippen LogP contribution is 2.44. The number of carboxylic acids is 1. The van der Waals surface area contributed by atoms with E-state index < -0.39 is 11.9 Å². The Morgan fingerprint density at radius 3 is 2.84 bits per heavy atom. The van der Waals surface area contributed by atoms with Crippen molar-refractivity contribution < 1.29 is 23.6 Å². The first kappa shape index (κ1) is 15.9. The molecule has 0 bridgehead atoms. The molecule has 132 valence electrons. The number of carbonyl (C=O) groups is 2. The molecule has 0 aromatic carbocycles. The summed E-state index contributed by atoms with van der Waals surface area (Å²) in [5.41, 5.74) is 0. The Bertz CT molecular complexity index is 765. The minimum Gasteiger partial charge on any atom is -0.481 e. The number of likely N-dealkylation sites (tertiary alicyclic amines) is 1. The minimum atomic E-state index is -0.799. The zero-order valence-electron chi connectivity index (χ0n) is 13.6. The van der Waals surface area contributed by atoms with Gasteiger partial charge in [-0.25, -0.2) is 0 Å². The van der Waals surface area contributed by atoms with E-state index in [1.165, 1.54) is 6.26 Å². The van der Waals surface area contributed by atoms with E-state index in [9.17, 15) is 14.7 Å². The van der Waals surface area contributed by atoms with Crippen molar-refractivity contribution in [1.82, 2.24) is 15.0 Å². The smallest absolute Gasteiger partial charge is 0.308 e. The predicted octanol–water partition coefficient (Wildman–Crippen LogP) is 1.83. The van der Waals surface area contributed by atoms with Crippen molar-refractivity contribution in [1.29, 1.82) is 0 Å². The van der Waals surface area contributed by atoms with Crippen molar-refractivity contribution in [3.63, 3.8) is 0 Å². The number of amides is 1. The number of hydrogen-bond donors (Lipinski definition) is 1. The molecule has 2 aliphatic rings. The van der Waals surface area contributed by atoms with Crippen molar-refractivity contribution in [3.8, 4) is 11.6 Å². The number of carbonyl (C=O) groups excluding carboxylic acids is 1. The first-order valence-electron chi connectivity index (χ1n) is 8.49. The average Bonchev–Trinajstić information content (AvgIpc) is 3.05. The van der Waals surface area contributed by atoms with Crippen molar-refractivity contribution in [3.05, 3.63) is 24.3 Å². The standard InChI is InChI=1S/C17H19N3O5/c21-15(20-8-11(10-3-4-10)12(9-20)17(22)23)6-5-14-18-16(19-25-14)13-2-1-7-24-13/h1-2,7,10-12H,3-6,8-9H2,(H,22,23)/t11-,12+/m1/s1. The monoisotopic (exact) mass is 345 g/mol. The average molecular weight is 345 g/mol. The number of aryl methyl sites for hydroxylation is 1. The van der Waals surface area contributed by atoms with Crippen LogP contribution in [0.5, 0.6) is 0 Å². The molecular weight excluding hydrogens is 326 g/mol. The summed E-state index contributed by atoms with van der Waals surface area (Å²) in [4.78, 5) is 29.7. The maximum atomic E-state index is 12.4. The Morgan fingerprint density at radius 2 is 2.16 bits per heavy atom. The van der Waals surface area contributed by atoms with Gasteiger partial charge in [0.25, 0.3) is 0 Å². The van der Waals surface area contributed by atoms with Crippen molar-refractivity contribution >= 4 is 11.9 Å². The molecule has 0 spiro atoms. The largest absolute Gasteiger partial charge is 0.481 e. The third-order valence-corrected chi connectivity index (χ3v) is 5.02. The summed E-state index contributed by atoms with van der Waals surface area (Å²) >= 11 is 0. The summed E-state index contributed by atoms with van der Waals surface area (Å²) in [6.07, 6.45) is 4.23. The Balaban J connectivity index is 1.34. The van der Waals surface area contributed by atoms with Crippen LogP contribution in [0.1, 0.15) is 25.2 Å². The fourth-order valence-electron chi connectivity index (χ4n) is 3.53. The second-order valence-electron chi connectivity index (χ2n) is 6.73. The summed E-state index contributed by atoms with van der Waals surface area (Å²) in [5, 5.41) is 13.2. The van der Waals surface area contributed by atoms with E-state index in [1.54, 1.807) is 17.0 Å². The van der Waals surface area contributed by atoms with Crippen LogP contribution in [-0.4, -0.2) is 45.1 Å². The molecule has 2 aromatic rings. The molecule has 1 aliphatic heterocycles. The number of hydrogen-bond acceptors (Lipinski definition) is 6. The number of furan rings is 1. The van der Waals surface area contributed by atoms with Crippen LogP contribution in [0.3, 0.4) is 0 Å². The third kappa shape index (κ3) is 3.29. The van der Waals surface area contributed by atoms with Gasteiger partial charge in [-0.15, -0.1) is 0 Å². The molecule has 2 aromatic heterocycles. The lowest BCUT2D eigenvalue weighted by Crippen LogP contribution is -2.30. The molecule has 0 unspecified atom stereocenters. The van der Waals surface area contributed by atoms with Crippen molar-refractivity contribution in [2.24, 2.45) is 17.8 Å². The van der Waals surface area contributed by atoms with E-state index in [0.29, 0.717) is 42.9 Å². The maximum Gasteiger partial charge on any atom is 0.308 e. The molecule has 8 heteroatoms. The van der Waals surface area contributed by atoms with Gasteiger partial charge in [0.1, 0.15) is 0 Å². The van der Waals surface area contributed by atoms with Crippen LogP contribution >= 0.6 is 0 Å². The van der Waals surface area contributed by atoms with Crippen LogP contribution in [0, 0.1) is 17.8 Å². The Hall–Kier alpha value is -2.64. The molecule has 8 nitrogen and oxygen atoms in total. The second-order valence-corrected chi connectivity index (χ2v) is 6.73. The number of aromatic nitrogens is 2. The van der Waals surface area contributed by atoms with Crippen LogP contribution in [0.15, 0.2) is 27.3 Å². The number of carboxylic acid groups (broad SMARTS) is 1. The SMILES string of the molecule is O=C(O)[C@H]1CN(C(=O)CCc2nc(-c3ccco3)no2)C[C@@H]1C1CC1. The normalized spacial score (nSPS) is 23.1. The van der Waals surface area contributed by atoms with E-state index >= 15 is 0 Å². The fraction of sp³-hybridized carbons (Fsp3) is 0.529. The maximum absolute atomic E-state index is 12.4. The van der Waals surface area contributed by atoms with Gasteiger partial charge in [-0.2, -0.15) is 4.98 Å². The highest BCUT2D eigenvalue weighted by Gasteiger charge is 2.46. The van der Waals surface area contributed by atoms with Crippen LogP contribution in [0.2, 0.25) is 0 Å². The van der Waals surface area contributed by atoms with Crippen molar-refractivity contribution in [2.75, 3.05) is 13.1 Å². The zero-order chi connectivity index (χ0) is 17.4. The summed E-state index contributed by atoms with van der Waals surface area (Å²) in [5.74, 6) is 0.490. The number of nitrogens with zero attached hydrogens (tertiary/aromatic N) is 3. The Labute approximate surface area is 143 Å². The second kappa shape index (κ2) is 6.34. The van der Waals surface area contributed by atoms with Crippen LogP contribution in [-0.2, 0) is 16.0 Å². The molecule has 25 heavy (non-hydrogen) atoms. The zero-order valence-corrected chi connectivity index (χ0v) is 13.6. The molecule has 2 atom stereocenters. The van der Waals surface area contributed by atoms with Gasteiger partial charge in [-0.3, -0.25) is 9.59 Å². The van der Waals surface area contributed by atoms with Gasteiger partial charge < -0.3 is 18.9 Å². The minimum absolute atomic E-state index is 0.0628. The molecule has 1 saturated carbocycles. The predicted molar refractivity (Wildman–Crippen MR) is 84.2 cm³/mol. The molecule has 1 N–H and O–H groups in total. The molecule has 4 rings (SSSR count). The summed E-state index contributed by atoms with van der Waals surface area (Å²) in [6.45, 7) is 0.846. The van der Waals surface area contributed by atoms with E-state index in [2.05, 4.69) is 10.1 Å². The van der Waals surface area contributed by atoms with E-state index in [-0.39, 0.29) is 18.2 Å². The number of aliphatic carboxylic acids is 1. The van der Waals surface area contributed by atoms with Gasteiger partial charge >= 0.3 is 5.97 Å². The molecule has 3 heterocycles. The molecule has 1 saturated heterocycles.